The van der Waals surface area contributed by atoms with Crippen molar-refractivity contribution in [2.24, 2.45) is 0 Å². The van der Waals surface area contributed by atoms with Gasteiger partial charge in [-0.25, -0.2) is 0 Å². The Balaban J connectivity index is 4.61. The zero-order valence-electron chi connectivity index (χ0n) is 9.28. The molecule has 2 amide bonds. The van der Waals surface area contributed by atoms with Crippen LogP contribution in [0.15, 0.2) is 12.7 Å². The first-order valence-corrected chi connectivity index (χ1v) is 4.59. The van der Waals surface area contributed by atoms with E-state index in [0.717, 1.165) is 0 Å². The molecule has 0 saturated heterocycles. The van der Waals surface area contributed by atoms with Crippen LogP contribution in [-0.4, -0.2) is 48.3 Å². The van der Waals surface area contributed by atoms with E-state index in [-0.39, 0.29) is 11.8 Å². The van der Waals surface area contributed by atoms with Crippen LogP contribution in [-0.2, 0) is 9.59 Å². The van der Waals surface area contributed by atoms with Gasteiger partial charge in [0.25, 0.3) is 0 Å². The van der Waals surface area contributed by atoms with Crippen LogP contribution in [0.4, 0.5) is 0 Å². The molecule has 80 valence electrons. The van der Waals surface area contributed by atoms with Crippen LogP contribution in [0.25, 0.3) is 0 Å². The summed E-state index contributed by atoms with van der Waals surface area (Å²) < 4.78 is 0. The van der Waals surface area contributed by atoms with E-state index < -0.39 is 6.04 Å². The third-order valence-electron chi connectivity index (χ3n) is 2.06. The van der Waals surface area contributed by atoms with Gasteiger partial charge in [-0.05, 0) is 19.9 Å². The number of hydrogen-bond donors (Lipinski definition) is 0. The summed E-state index contributed by atoms with van der Waals surface area (Å²) in [4.78, 5) is 25.9. The smallest absolute Gasteiger partial charge is 0.246 e. The van der Waals surface area contributed by atoms with Gasteiger partial charge < -0.3 is 9.80 Å². The molecule has 0 radical (unpaired) electrons. The molecule has 0 fully saturated rings. The van der Waals surface area contributed by atoms with E-state index in [4.69, 9.17) is 0 Å². The van der Waals surface area contributed by atoms with E-state index in [9.17, 15) is 9.59 Å². The van der Waals surface area contributed by atoms with Crippen molar-refractivity contribution in [3.63, 3.8) is 0 Å². The Hall–Kier alpha value is -1.32. The second-order valence-electron chi connectivity index (χ2n) is 3.24. The summed E-state index contributed by atoms with van der Waals surface area (Å²) in [5.74, 6) is -0.294. The highest BCUT2D eigenvalue weighted by molar-refractivity contribution is 5.92. The topological polar surface area (TPSA) is 40.6 Å². The van der Waals surface area contributed by atoms with Crippen LogP contribution in [0.3, 0.4) is 0 Å². The molecule has 4 nitrogen and oxygen atoms in total. The lowest BCUT2D eigenvalue weighted by Gasteiger charge is -2.27. The molecule has 4 heteroatoms. The maximum atomic E-state index is 11.6. The van der Waals surface area contributed by atoms with Crippen molar-refractivity contribution in [2.75, 3.05) is 20.6 Å². The third kappa shape index (κ3) is 2.87. The van der Waals surface area contributed by atoms with Crippen molar-refractivity contribution in [1.82, 2.24) is 9.80 Å². The fourth-order valence-corrected chi connectivity index (χ4v) is 1.24. The first-order valence-electron chi connectivity index (χ1n) is 4.59. The Bertz CT molecular complexity index is 236. The van der Waals surface area contributed by atoms with Crippen molar-refractivity contribution in [2.45, 2.75) is 19.9 Å². The number of nitrogens with zero attached hydrogens (tertiary/aromatic N) is 2. The molecular weight excluding hydrogens is 180 g/mol. The highest BCUT2D eigenvalue weighted by Crippen LogP contribution is 2.02. The summed E-state index contributed by atoms with van der Waals surface area (Å²) in [5.41, 5.74) is 0. The Morgan fingerprint density at radius 3 is 2.21 bits per heavy atom. The van der Waals surface area contributed by atoms with Crippen LogP contribution in [0, 0.1) is 0 Å². The molecule has 0 heterocycles. The molecule has 0 aromatic rings. The summed E-state index contributed by atoms with van der Waals surface area (Å²) in [6.07, 6.45) is 1.23. The summed E-state index contributed by atoms with van der Waals surface area (Å²) in [7, 11) is 3.34. The highest BCUT2D eigenvalue weighted by Gasteiger charge is 2.23. The minimum atomic E-state index is -0.430. The number of amides is 2. The van der Waals surface area contributed by atoms with Gasteiger partial charge in [0.05, 0.1) is 0 Å². The monoisotopic (exact) mass is 198 g/mol. The number of likely N-dealkylation sites (N-methyl/N-ethyl adjacent to an activating group) is 2. The molecule has 1 atom stereocenters. The van der Waals surface area contributed by atoms with Crippen LogP contribution in [0.5, 0.6) is 0 Å². The standard InChI is InChI=1S/C10H18N2O2/c1-6-9(13)12(7-2)8(3)10(14)11(4)5/h6,8H,1,7H2,2-5H3. The van der Waals surface area contributed by atoms with E-state index in [0.29, 0.717) is 6.54 Å². The molecule has 0 aliphatic heterocycles. The van der Waals surface area contributed by atoms with Crippen molar-refractivity contribution in [1.29, 1.82) is 0 Å². The lowest BCUT2D eigenvalue weighted by molar-refractivity contribution is -0.140. The fourth-order valence-electron chi connectivity index (χ4n) is 1.24. The minimum Gasteiger partial charge on any atom is -0.347 e. The van der Waals surface area contributed by atoms with Gasteiger partial charge in [0.1, 0.15) is 6.04 Å². The quantitative estimate of drug-likeness (QED) is 0.617. The number of hydrogen-bond acceptors (Lipinski definition) is 2. The first kappa shape index (κ1) is 12.7. The number of carbonyl (C=O) groups is 2. The fraction of sp³-hybridized carbons (Fsp3) is 0.600. The molecule has 0 spiro atoms. The van der Waals surface area contributed by atoms with Gasteiger partial charge in [0.2, 0.25) is 11.8 Å². The predicted octanol–water partition coefficient (Wildman–Crippen LogP) is 0.498. The molecule has 0 aromatic heterocycles. The Morgan fingerprint density at radius 1 is 1.43 bits per heavy atom. The molecule has 0 saturated carbocycles. The molecular formula is C10H18N2O2. The zero-order valence-corrected chi connectivity index (χ0v) is 9.28. The summed E-state index contributed by atoms with van der Waals surface area (Å²) >= 11 is 0. The average molecular weight is 198 g/mol. The van der Waals surface area contributed by atoms with Crippen LogP contribution >= 0.6 is 0 Å². The lowest BCUT2D eigenvalue weighted by atomic mass is 10.2. The van der Waals surface area contributed by atoms with E-state index >= 15 is 0 Å². The summed E-state index contributed by atoms with van der Waals surface area (Å²) in [5, 5.41) is 0. The van der Waals surface area contributed by atoms with Gasteiger partial charge >= 0.3 is 0 Å². The molecule has 0 aromatic carbocycles. The SMILES string of the molecule is C=CC(=O)N(CC)C(C)C(=O)N(C)C. The van der Waals surface area contributed by atoms with Crippen molar-refractivity contribution in [3.8, 4) is 0 Å². The van der Waals surface area contributed by atoms with Gasteiger partial charge in [-0.15, -0.1) is 0 Å². The molecule has 0 N–H and O–H groups in total. The molecule has 0 aliphatic carbocycles. The third-order valence-corrected chi connectivity index (χ3v) is 2.06. The van der Waals surface area contributed by atoms with Crippen LogP contribution in [0.2, 0.25) is 0 Å². The number of carbonyl (C=O) groups excluding carboxylic acids is 2. The normalized spacial score (nSPS) is 11.7. The Kier molecular flexibility index (Phi) is 4.91. The van der Waals surface area contributed by atoms with Gasteiger partial charge in [-0.1, -0.05) is 6.58 Å². The van der Waals surface area contributed by atoms with Crippen LogP contribution in [0.1, 0.15) is 13.8 Å². The molecule has 14 heavy (non-hydrogen) atoms. The average Bonchev–Trinajstić information content (AvgIpc) is 2.16. The Labute approximate surface area is 85.2 Å². The largest absolute Gasteiger partial charge is 0.347 e. The van der Waals surface area contributed by atoms with E-state index in [1.54, 1.807) is 21.0 Å². The lowest BCUT2D eigenvalue weighted by Crippen LogP contribution is -2.46. The first-order chi connectivity index (χ1) is 6.45. The van der Waals surface area contributed by atoms with Crippen molar-refractivity contribution >= 4 is 11.8 Å². The second-order valence-corrected chi connectivity index (χ2v) is 3.24. The predicted molar refractivity (Wildman–Crippen MR) is 55.7 cm³/mol. The minimum absolute atomic E-state index is 0.0814. The van der Waals surface area contributed by atoms with Gasteiger partial charge in [-0.2, -0.15) is 0 Å². The van der Waals surface area contributed by atoms with Gasteiger partial charge in [0.15, 0.2) is 0 Å². The van der Waals surface area contributed by atoms with Crippen molar-refractivity contribution in [3.05, 3.63) is 12.7 Å². The van der Waals surface area contributed by atoms with E-state index in [1.165, 1.54) is 15.9 Å². The van der Waals surface area contributed by atoms with E-state index in [1.807, 2.05) is 6.92 Å². The number of rotatable bonds is 4. The van der Waals surface area contributed by atoms with Crippen molar-refractivity contribution < 1.29 is 9.59 Å². The Morgan fingerprint density at radius 2 is 1.93 bits per heavy atom. The molecule has 0 aliphatic rings. The molecule has 0 rings (SSSR count). The van der Waals surface area contributed by atoms with Gasteiger partial charge in [-0.3, -0.25) is 9.59 Å². The maximum absolute atomic E-state index is 11.6. The second kappa shape index (κ2) is 5.42. The summed E-state index contributed by atoms with van der Waals surface area (Å²) in [6.45, 7) is 7.46. The maximum Gasteiger partial charge on any atom is 0.246 e. The van der Waals surface area contributed by atoms with Gasteiger partial charge in [0, 0.05) is 20.6 Å². The van der Waals surface area contributed by atoms with E-state index in [2.05, 4.69) is 6.58 Å². The molecule has 1 unspecified atom stereocenters. The zero-order chi connectivity index (χ0) is 11.3. The molecule has 0 bridgehead atoms. The summed E-state index contributed by atoms with van der Waals surface area (Å²) in [6, 6.07) is -0.430. The highest BCUT2D eigenvalue weighted by atomic mass is 16.2. The van der Waals surface area contributed by atoms with Crippen LogP contribution < -0.4 is 0 Å².